The smallest absolute Gasteiger partial charge is 0.311 e. The number of aliphatic carboxylic acids is 1. The maximum Gasteiger partial charge on any atom is 0.311 e. The first-order valence-electron chi connectivity index (χ1n) is 3.54. The van der Waals surface area contributed by atoms with E-state index >= 15 is 0 Å². The molecule has 11 heavy (non-hydrogen) atoms. The topological polar surface area (TPSA) is 54.4 Å². The van der Waals surface area contributed by atoms with Crippen LogP contribution in [0.1, 0.15) is 26.2 Å². The Labute approximate surface area is 70.2 Å². The van der Waals surface area contributed by atoms with E-state index in [1.165, 1.54) is 0 Å². The molecule has 0 saturated heterocycles. The number of rotatable bonds is 5. The average molecular weight is 176 g/mol. The van der Waals surface area contributed by atoms with E-state index in [1.807, 2.05) is 6.92 Å². The summed E-state index contributed by atoms with van der Waals surface area (Å²) in [4.78, 5) is 20.7. The van der Waals surface area contributed by atoms with E-state index in [0.717, 1.165) is 30.4 Å². The summed E-state index contributed by atoms with van der Waals surface area (Å²) in [5.41, 5.74) is 0. The lowest BCUT2D eigenvalue weighted by atomic mass is 10.4. The quantitative estimate of drug-likeness (QED) is 0.509. The molecule has 3 nitrogen and oxygen atoms in total. The van der Waals surface area contributed by atoms with Crippen LogP contribution in [0.5, 0.6) is 0 Å². The van der Waals surface area contributed by atoms with Crippen LogP contribution in [-0.4, -0.2) is 21.9 Å². The normalized spacial score (nSPS) is 9.55. The number of carboxylic acids is 1. The van der Waals surface area contributed by atoms with Gasteiger partial charge in [-0.25, -0.2) is 0 Å². The molecule has 0 bridgehead atoms. The van der Waals surface area contributed by atoms with Crippen LogP contribution in [0.4, 0.5) is 0 Å². The highest BCUT2D eigenvalue weighted by atomic mass is 32.2. The summed E-state index contributed by atoms with van der Waals surface area (Å²) < 4.78 is 0. The highest BCUT2D eigenvalue weighted by Crippen LogP contribution is 2.07. The molecule has 4 heteroatoms. The molecular weight excluding hydrogens is 164 g/mol. The Bertz CT molecular complexity index is 145. The Morgan fingerprint density at radius 1 is 1.45 bits per heavy atom. The van der Waals surface area contributed by atoms with E-state index in [2.05, 4.69) is 0 Å². The summed E-state index contributed by atoms with van der Waals surface area (Å²) >= 11 is 1.11. The van der Waals surface area contributed by atoms with Crippen LogP contribution in [0.25, 0.3) is 0 Å². The molecule has 0 aromatic rings. The van der Waals surface area contributed by atoms with Gasteiger partial charge in [-0.3, -0.25) is 9.59 Å². The maximum absolute atomic E-state index is 10.7. The number of unbranched alkanes of at least 4 members (excludes halogenated alkanes) is 1. The molecule has 0 fully saturated rings. The van der Waals surface area contributed by atoms with Gasteiger partial charge in [0.2, 0.25) is 0 Å². The van der Waals surface area contributed by atoms with Gasteiger partial charge < -0.3 is 5.11 Å². The standard InChI is InChI=1S/C7H12O3S/c1-2-3-4-11-7(10)5-6(8)9/h2-5H2,1H3,(H,8,9). The Balaban J connectivity index is 3.30. The third-order valence-corrected chi connectivity index (χ3v) is 2.02. The SMILES string of the molecule is CCCCSC(=O)CC(=O)O. The second kappa shape index (κ2) is 6.22. The molecule has 0 aromatic heterocycles. The first-order chi connectivity index (χ1) is 5.16. The first kappa shape index (κ1) is 10.5. The molecule has 64 valence electrons. The molecule has 0 saturated carbocycles. The highest BCUT2D eigenvalue weighted by Gasteiger charge is 2.06. The zero-order valence-corrected chi connectivity index (χ0v) is 7.32. The molecule has 0 aromatic carbocycles. The van der Waals surface area contributed by atoms with E-state index < -0.39 is 5.97 Å². The summed E-state index contributed by atoms with van der Waals surface area (Å²) in [6, 6.07) is 0. The first-order valence-corrected chi connectivity index (χ1v) is 4.52. The van der Waals surface area contributed by atoms with Crippen molar-refractivity contribution in [1.29, 1.82) is 0 Å². The van der Waals surface area contributed by atoms with Crippen molar-refractivity contribution < 1.29 is 14.7 Å². The summed E-state index contributed by atoms with van der Waals surface area (Å²) in [5, 5.41) is 7.96. The van der Waals surface area contributed by atoms with E-state index in [4.69, 9.17) is 5.11 Å². The minimum Gasteiger partial charge on any atom is -0.481 e. The van der Waals surface area contributed by atoms with Crippen LogP contribution in [0.2, 0.25) is 0 Å². The van der Waals surface area contributed by atoms with Crippen molar-refractivity contribution in [1.82, 2.24) is 0 Å². The third-order valence-electron chi connectivity index (χ3n) is 1.06. The Morgan fingerprint density at radius 3 is 2.55 bits per heavy atom. The predicted molar refractivity (Wildman–Crippen MR) is 44.6 cm³/mol. The van der Waals surface area contributed by atoms with Crippen molar-refractivity contribution >= 4 is 22.8 Å². The van der Waals surface area contributed by atoms with Gasteiger partial charge in [-0.2, -0.15) is 0 Å². The van der Waals surface area contributed by atoms with E-state index in [-0.39, 0.29) is 11.5 Å². The van der Waals surface area contributed by atoms with Crippen molar-refractivity contribution in [2.45, 2.75) is 26.2 Å². The van der Waals surface area contributed by atoms with Crippen molar-refractivity contribution in [2.75, 3.05) is 5.75 Å². The fourth-order valence-electron chi connectivity index (χ4n) is 0.505. The fraction of sp³-hybridized carbons (Fsp3) is 0.714. The number of carboxylic acid groups (broad SMARTS) is 1. The summed E-state index contributed by atoms with van der Waals surface area (Å²) in [6.45, 7) is 2.03. The number of hydrogen-bond acceptors (Lipinski definition) is 3. The van der Waals surface area contributed by atoms with Gasteiger partial charge in [0.05, 0.1) is 0 Å². The number of carbonyl (C=O) groups is 2. The number of carbonyl (C=O) groups excluding carboxylic acids is 1. The van der Waals surface area contributed by atoms with Gasteiger partial charge in [0.15, 0.2) is 5.12 Å². The molecule has 0 aliphatic heterocycles. The fourth-order valence-corrected chi connectivity index (χ4v) is 1.39. The van der Waals surface area contributed by atoms with Gasteiger partial charge in [-0.1, -0.05) is 25.1 Å². The van der Waals surface area contributed by atoms with Crippen LogP contribution < -0.4 is 0 Å². The van der Waals surface area contributed by atoms with Gasteiger partial charge in [0.25, 0.3) is 0 Å². The molecule has 0 aliphatic carbocycles. The van der Waals surface area contributed by atoms with E-state index in [1.54, 1.807) is 0 Å². The van der Waals surface area contributed by atoms with E-state index in [0.29, 0.717) is 0 Å². The highest BCUT2D eigenvalue weighted by molar-refractivity contribution is 8.13. The average Bonchev–Trinajstić information content (AvgIpc) is 1.86. The van der Waals surface area contributed by atoms with Crippen LogP contribution in [0.15, 0.2) is 0 Å². The monoisotopic (exact) mass is 176 g/mol. The Kier molecular flexibility index (Phi) is 5.93. The Morgan fingerprint density at radius 2 is 2.09 bits per heavy atom. The van der Waals surface area contributed by atoms with Gasteiger partial charge in [0.1, 0.15) is 6.42 Å². The molecule has 0 aliphatic rings. The maximum atomic E-state index is 10.7. The molecule has 1 N–H and O–H groups in total. The molecule has 0 atom stereocenters. The summed E-state index contributed by atoms with van der Waals surface area (Å²) in [5.74, 6) is -0.304. The molecular formula is C7H12O3S. The molecule has 0 spiro atoms. The van der Waals surface area contributed by atoms with Crippen molar-refractivity contribution in [2.24, 2.45) is 0 Å². The number of thioether (sulfide) groups is 1. The van der Waals surface area contributed by atoms with Gasteiger partial charge >= 0.3 is 5.97 Å². The Hall–Kier alpha value is -0.510. The van der Waals surface area contributed by atoms with Crippen LogP contribution in [-0.2, 0) is 9.59 Å². The summed E-state index contributed by atoms with van der Waals surface area (Å²) in [7, 11) is 0. The lowest BCUT2D eigenvalue weighted by Gasteiger charge is -1.95. The zero-order valence-electron chi connectivity index (χ0n) is 6.50. The van der Waals surface area contributed by atoms with Gasteiger partial charge in [0, 0.05) is 5.75 Å². The third kappa shape index (κ3) is 7.39. The molecule has 0 heterocycles. The number of hydrogen-bond donors (Lipinski definition) is 1. The summed E-state index contributed by atoms with van der Waals surface area (Å²) in [6.07, 6.45) is 1.65. The van der Waals surface area contributed by atoms with Gasteiger partial charge in [-0.05, 0) is 6.42 Å². The van der Waals surface area contributed by atoms with Crippen molar-refractivity contribution in [3.05, 3.63) is 0 Å². The largest absolute Gasteiger partial charge is 0.481 e. The van der Waals surface area contributed by atoms with Crippen LogP contribution >= 0.6 is 11.8 Å². The lowest BCUT2D eigenvalue weighted by Crippen LogP contribution is -2.03. The molecule has 0 amide bonds. The van der Waals surface area contributed by atoms with Gasteiger partial charge in [-0.15, -0.1) is 0 Å². The van der Waals surface area contributed by atoms with Crippen molar-refractivity contribution in [3.63, 3.8) is 0 Å². The minimum absolute atomic E-state index is 0.244. The molecule has 0 rings (SSSR count). The van der Waals surface area contributed by atoms with E-state index in [9.17, 15) is 9.59 Å². The van der Waals surface area contributed by atoms with Crippen LogP contribution in [0, 0.1) is 0 Å². The second-order valence-corrected chi connectivity index (χ2v) is 3.30. The molecule has 0 unspecified atom stereocenters. The predicted octanol–water partition coefficient (Wildman–Crippen LogP) is 1.52. The van der Waals surface area contributed by atoms with Crippen molar-refractivity contribution in [3.8, 4) is 0 Å². The van der Waals surface area contributed by atoms with Crippen LogP contribution in [0.3, 0.4) is 0 Å². The lowest BCUT2D eigenvalue weighted by molar-refractivity contribution is -0.138. The zero-order chi connectivity index (χ0) is 8.69. The molecule has 0 radical (unpaired) electrons. The minimum atomic E-state index is -1.04. The second-order valence-electron chi connectivity index (χ2n) is 2.14.